The number of benzene rings is 1. The van der Waals surface area contributed by atoms with E-state index in [0.29, 0.717) is 4.88 Å². The molecular weight excluding hydrogens is 312 g/mol. The number of thiophene rings is 1. The summed E-state index contributed by atoms with van der Waals surface area (Å²) >= 11 is 0.919. The Hall–Kier alpha value is -3.14. The van der Waals surface area contributed by atoms with Crippen molar-refractivity contribution < 1.29 is 14.6 Å². The zero-order valence-corrected chi connectivity index (χ0v) is 11.6. The minimum atomic E-state index is -0.566. The van der Waals surface area contributed by atoms with E-state index in [-0.39, 0.29) is 16.3 Å². The van der Waals surface area contributed by atoms with E-state index in [0.717, 1.165) is 11.3 Å². The predicted molar refractivity (Wildman–Crippen MR) is 79.1 cm³/mol. The first kappa shape index (κ1) is 15.3. The topological polar surface area (TPSA) is 128 Å². The van der Waals surface area contributed by atoms with Gasteiger partial charge in [0.25, 0.3) is 11.6 Å². The Bertz CT molecular complexity index is 753. The standard InChI is InChI=1S/C12H8N4O5S/c17-12(8-1-3-9(4-2-8)15(18)19)14-13-7-10-5-6-11(22-10)16(20)21/h1-7H,(H,14,17)/b13-7+. The first-order valence-electron chi connectivity index (χ1n) is 5.79. The summed E-state index contributed by atoms with van der Waals surface area (Å²) in [6.45, 7) is 0. The van der Waals surface area contributed by atoms with Crippen molar-refractivity contribution in [3.63, 3.8) is 0 Å². The van der Waals surface area contributed by atoms with E-state index in [1.807, 2.05) is 0 Å². The highest BCUT2D eigenvalue weighted by Gasteiger charge is 2.10. The number of hydrogen-bond acceptors (Lipinski definition) is 7. The van der Waals surface area contributed by atoms with Gasteiger partial charge in [-0.1, -0.05) is 11.3 Å². The van der Waals surface area contributed by atoms with Crippen molar-refractivity contribution in [1.29, 1.82) is 0 Å². The molecule has 1 amide bonds. The number of nitrogens with zero attached hydrogens (tertiary/aromatic N) is 3. The monoisotopic (exact) mass is 320 g/mol. The van der Waals surface area contributed by atoms with Gasteiger partial charge >= 0.3 is 5.00 Å². The highest BCUT2D eigenvalue weighted by Crippen LogP contribution is 2.22. The summed E-state index contributed by atoms with van der Waals surface area (Å²) in [5.74, 6) is -0.544. The first-order chi connectivity index (χ1) is 10.5. The summed E-state index contributed by atoms with van der Waals surface area (Å²) < 4.78 is 0. The van der Waals surface area contributed by atoms with Crippen LogP contribution in [-0.2, 0) is 0 Å². The minimum Gasteiger partial charge on any atom is -0.267 e. The quantitative estimate of drug-likeness (QED) is 0.513. The normalized spacial score (nSPS) is 10.5. The molecule has 22 heavy (non-hydrogen) atoms. The third-order valence-corrected chi connectivity index (χ3v) is 3.46. The molecule has 10 heteroatoms. The molecule has 0 aliphatic rings. The van der Waals surface area contributed by atoms with E-state index in [2.05, 4.69) is 10.5 Å². The number of nitro groups is 2. The average molecular weight is 320 g/mol. The molecule has 0 spiro atoms. The lowest BCUT2D eigenvalue weighted by atomic mass is 10.2. The number of nitro benzene ring substituents is 1. The van der Waals surface area contributed by atoms with Crippen molar-refractivity contribution in [2.75, 3.05) is 0 Å². The van der Waals surface area contributed by atoms with Gasteiger partial charge in [0.05, 0.1) is 20.9 Å². The van der Waals surface area contributed by atoms with Crippen LogP contribution < -0.4 is 5.43 Å². The lowest BCUT2D eigenvalue weighted by Crippen LogP contribution is -2.17. The molecule has 0 saturated carbocycles. The van der Waals surface area contributed by atoms with Crippen LogP contribution >= 0.6 is 11.3 Å². The van der Waals surface area contributed by atoms with Crippen LogP contribution in [0, 0.1) is 20.2 Å². The van der Waals surface area contributed by atoms with Crippen molar-refractivity contribution >= 4 is 34.1 Å². The Morgan fingerprint density at radius 3 is 2.32 bits per heavy atom. The molecule has 0 fully saturated rings. The second-order valence-corrected chi connectivity index (χ2v) is 5.03. The molecule has 0 aliphatic carbocycles. The molecule has 1 heterocycles. The Balaban J connectivity index is 1.98. The van der Waals surface area contributed by atoms with Crippen LogP contribution in [0.2, 0.25) is 0 Å². The molecule has 9 nitrogen and oxygen atoms in total. The molecule has 2 aromatic rings. The molecule has 2 rings (SSSR count). The summed E-state index contributed by atoms with van der Waals surface area (Å²) in [5.41, 5.74) is 2.32. The van der Waals surface area contributed by atoms with Crippen molar-refractivity contribution in [3.05, 3.63) is 67.1 Å². The van der Waals surface area contributed by atoms with Crippen molar-refractivity contribution in [2.24, 2.45) is 5.10 Å². The fraction of sp³-hybridized carbons (Fsp3) is 0. The lowest BCUT2D eigenvalue weighted by Gasteiger charge is -1.98. The predicted octanol–water partition coefficient (Wildman–Crippen LogP) is 2.33. The van der Waals surface area contributed by atoms with Gasteiger partial charge in [-0.2, -0.15) is 5.10 Å². The molecular formula is C12H8N4O5S. The van der Waals surface area contributed by atoms with Gasteiger partial charge in [-0.15, -0.1) is 0 Å². The van der Waals surface area contributed by atoms with Gasteiger partial charge in [-0.3, -0.25) is 25.0 Å². The van der Waals surface area contributed by atoms with E-state index < -0.39 is 15.8 Å². The van der Waals surface area contributed by atoms with E-state index >= 15 is 0 Å². The zero-order chi connectivity index (χ0) is 16.1. The Kier molecular flexibility index (Phi) is 4.53. The van der Waals surface area contributed by atoms with E-state index in [4.69, 9.17) is 0 Å². The molecule has 0 saturated heterocycles. The van der Waals surface area contributed by atoms with E-state index in [1.54, 1.807) is 0 Å². The molecule has 0 aliphatic heterocycles. The van der Waals surface area contributed by atoms with E-state index in [1.165, 1.54) is 42.6 Å². The van der Waals surface area contributed by atoms with Gasteiger partial charge in [0.15, 0.2) is 0 Å². The summed E-state index contributed by atoms with van der Waals surface area (Å²) in [6.07, 6.45) is 1.28. The van der Waals surface area contributed by atoms with Crippen LogP contribution in [-0.4, -0.2) is 22.0 Å². The molecule has 1 aromatic heterocycles. The van der Waals surface area contributed by atoms with Crippen LogP contribution in [0.15, 0.2) is 41.5 Å². The van der Waals surface area contributed by atoms with Crippen molar-refractivity contribution in [3.8, 4) is 0 Å². The number of hydrogen-bond donors (Lipinski definition) is 1. The number of nitrogens with one attached hydrogen (secondary N) is 1. The number of amides is 1. The minimum absolute atomic E-state index is 0.0249. The Morgan fingerprint density at radius 1 is 1.09 bits per heavy atom. The van der Waals surface area contributed by atoms with Crippen LogP contribution in [0.1, 0.15) is 15.2 Å². The molecule has 0 bridgehead atoms. The van der Waals surface area contributed by atoms with Gasteiger partial charge in [0.1, 0.15) is 0 Å². The number of hydrazone groups is 1. The number of rotatable bonds is 5. The van der Waals surface area contributed by atoms with Crippen LogP contribution in [0.5, 0.6) is 0 Å². The van der Waals surface area contributed by atoms with Crippen molar-refractivity contribution in [2.45, 2.75) is 0 Å². The highest BCUT2D eigenvalue weighted by atomic mass is 32.1. The third-order valence-electron chi connectivity index (χ3n) is 2.49. The molecule has 1 N–H and O–H groups in total. The maximum Gasteiger partial charge on any atom is 0.324 e. The number of non-ortho nitro benzene ring substituents is 1. The molecule has 0 atom stereocenters. The Labute approximate surface area is 127 Å². The van der Waals surface area contributed by atoms with Gasteiger partial charge in [-0.25, -0.2) is 5.43 Å². The molecule has 0 unspecified atom stereocenters. The van der Waals surface area contributed by atoms with Crippen molar-refractivity contribution in [1.82, 2.24) is 5.43 Å². The van der Waals surface area contributed by atoms with Gasteiger partial charge in [0.2, 0.25) is 0 Å². The fourth-order valence-electron chi connectivity index (χ4n) is 1.46. The average Bonchev–Trinajstić information content (AvgIpc) is 2.96. The first-order valence-corrected chi connectivity index (χ1v) is 6.61. The van der Waals surface area contributed by atoms with Crippen LogP contribution in [0.4, 0.5) is 10.7 Å². The lowest BCUT2D eigenvalue weighted by molar-refractivity contribution is -0.384. The van der Waals surface area contributed by atoms with Crippen LogP contribution in [0.25, 0.3) is 0 Å². The van der Waals surface area contributed by atoms with Gasteiger partial charge < -0.3 is 0 Å². The molecule has 112 valence electrons. The van der Waals surface area contributed by atoms with Crippen LogP contribution in [0.3, 0.4) is 0 Å². The summed E-state index contributed by atoms with van der Waals surface area (Å²) in [5, 5.41) is 24.7. The number of carbonyl (C=O) groups excluding carboxylic acids is 1. The summed E-state index contributed by atoms with van der Waals surface area (Å²) in [7, 11) is 0. The smallest absolute Gasteiger partial charge is 0.267 e. The molecule has 1 aromatic carbocycles. The van der Waals surface area contributed by atoms with E-state index in [9.17, 15) is 25.0 Å². The highest BCUT2D eigenvalue weighted by molar-refractivity contribution is 7.16. The largest absolute Gasteiger partial charge is 0.324 e. The van der Waals surface area contributed by atoms with Gasteiger partial charge in [-0.05, 0) is 18.2 Å². The maximum absolute atomic E-state index is 11.7. The number of carbonyl (C=O) groups is 1. The fourth-order valence-corrected chi connectivity index (χ4v) is 2.16. The summed E-state index contributed by atoms with van der Waals surface area (Å²) in [4.78, 5) is 32.2. The SMILES string of the molecule is O=C(N/N=C/c1ccc([N+](=O)[O-])s1)c1ccc([N+](=O)[O-])cc1. The van der Waals surface area contributed by atoms with Gasteiger partial charge in [0, 0.05) is 23.8 Å². The maximum atomic E-state index is 11.7. The molecule has 0 radical (unpaired) electrons. The second kappa shape index (κ2) is 6.54. The second-order valence-electron chi connectivity index (χ2n) is 3.94. The Morgan fingerprint density at radius 2 is 1.77 bits per heavy atom. The third kappa shape index (κ3) is 3.70. The summed E-state index contributed by atoms with van der Waals surface area (Å²) in [6, 6.07) is 7.87. The zero-order valence-electron chi connectivity index (χ0n) is 10.8.